The molecule has 1 aliphatic rings. The average Bonchev–Trinajstić information content (AvgIpc) is 2.64. The Morgan fingerprint density at radius 3 is 2.54 bits per heavy atom. The highest BCUT2D eigenvalue weighted by Gasteiger charge is 2.33. The smallest absolute Gasteiger partial charge is 0.309 e. The van der Waals surface area contributed by atoms with Crippen molar-refractivity contribution in [2.45, 2.75) is 59.0 Å². The van der Waals surface area contributed by atoms with Gasteiger partial charge in [-0.2, -0.15) is 0 Å². The zero-order chi connectivity index (χ0) is 20.6. The minimum Gasteiger partial charge on any atom is -0.466 e. The summed E-state index contributed by atoms with van der Waals surface area (Å²) in [6.07, 6.45) is 2.88. The van der Waals surface area contributed by atoms with Crippen LogP contribution in [-0.4, -0.2) is 44.0 Å². The predicted molar refractivity (Wildman–Crippen MR) is 111 cm³/mol. The first-order chi connectivity index (χ1) is 13.3. The zero-order valence-corrected chi connectivity index (χ0v) is 17.9. The average molecular weight is 392 g/mol. The molecule has 28 heavy (non-hydrogen) atoms. The van der Waals surface area contributed by atoms with Crippen molar-refractivity contribution in [1.82, 2.24) is 5.32 Å². The maximum absolute atomic E-state index is 12.2. The van der Waals surface area contributed by atoms with Gasteiger partial charge in [0, 0.05) is 6.61 Å². The Morgan fingerprint density at radius 2 is 1.89 bits per heavy atom. The molecule has 1 aliphatic heterocycles. The van der Waals surface area contributed by atoms with Crippen LogP contribution in [0.4, 0.5) is 0 Å². The second-order valence-electron chi connectivity index (χ2n) is 8.76. The monoisotopic (exact) mass is 391 g/mol. The number of nitrogens with one attached hydrogen (secondary N) is 1. The van der Waals surface area contributed by atoms with Gasteiger partial charge in [-0.25, -0.2) is 0 Å². The van der Waals surface area contributed by atoms with E-state index in [0.29, 0.717) is 26.2 Å². The van der Waals surface area contributed by atoms with Crippen LogP contribution in [0.15, 0.2) is 24.3 Å². The lowest BCUT2D eigenvalue weighted by Crippen LogP contribution is -2.40. The number of hydrogen-bond donors (Lipinski definition) is 2. The minimum absolute atomic E-state index is 0.142. The molecule has 2 rings (SSSR count). The maximum atomic E-state index is 12.2. The Kier molecular flexibility index (Phi) is 8.47. The number of carbonyl (C=O) groups excluding carboxylic acids is 1. The lowest BCUT2D eigenvalue weighted by atomic mass is 9.79. The normalized spacial score (nSPS) is 17.9. The summed E-state index contributed by atoms with van der Waals surface area (Å²) in [5.41, 5.74) is 1.27. The van der Waals surface area contributed by atoms with Crippen LogP contribution in [0, 0.1) is 11.3 Å². The summed E-state index contributed by atoms with van der Waals surface area (Å²) in [7, 11) is 0. The van der Waals surface area contributed by atoms with Crippen LogP contribution in [0.1, 0.15) is 58.1 Å². The highest BCUT2D eigenvalue weighted by molar-refractivity contribution is 5.73. The number of piperidine rings is 1. The van der Waals surface area contributed by atoms with Gasteiger partial charge in [-0.05, 0) is 62.2 Å². The fraction of sp³-hybridized carbons (Fsp3) is 0.696. The molecule has 1 aromatic rings. The summed E-state index contributed by atoms with van der Waals surface area (Å²) in [5.74, 6) is -0.313. The molecule has 2 N–H and O–H groups in total. The standard InChI is InChI=1S/C23H37NO4/c1-5-28-21(25)20(22(2,3)4)11-17-27-16-10-18-8-6-7-9-19(18)23(26)12-14-24-15-13-23/h6-9,20,24,26H,5,10-17H2,1-4H3. The third-order valence-corrected chi connectivity index (χ3v) is 5.63. The van der Waals surface area contributed by atoms with E-state index in [1.807, 2.05) is 25.1 Å². The molecule has 0 saturated carbocycles. The van der Waals surface area contributed by atoms with Crippen LogP contribution in [0.5, 0.6) is 0 Å². The highest BCUT2D eigenvalue weighted by atomic mass is 16.5. The van der Waals surface area contributed by atoms with Crippen molar-refractivity contribution in [3.8, 4) is 0 Å². The van der Waals surface area contributed by atoms with Gasteiger partial charge in [0.1, 0.15) is 0 Å². The first kappa shape index (κ1) is 22.9. The summed E-state index contributed by atoms with van der Waals surface area (Å²) < 4.78 is 11.1. The topological polar surface area (TPSA) is 67.8 Å². The van der Waals surface area contributed by atoms with Gasteiger partial charge in [-0.1, -0.05) is 45.0 Å². The molecule has 1 unspecified atom stereocenters. The van der Waals surface area contributed by atoms with Crippen LogP contribution in [0.2, 0.25) is 0 Å². The number of esters is 1. The molecule has 1 heterocycles. The Hall–Kier alpha value is -1.43. The molecule has 0 spiro atoms. The fourth-order valence-electron chi connectivity index (χ4n) is 3.93. The number of carbonyl (C=O) groups is 1. The number of benzene rings is 1. The van der Waals surface area contributed by atoms with E-state index in [1.54, 1.807) is 0 Å². The van der Waals surface area contributed by atoms with Crippen LogP contribution in [-0.2, 0) is 26.3 Å². The summed E-state index contributed by atoms with van der Waals surface area (Å²) in [6, 6.07) is 8.12. The maximum Gasteiger partial charge on any atom is 0.309 e. The van der Waals surface area contributed by atoms with E-state index in [-0.39, 0.29) is 17.3 Å². The van der Waals surface area contributed by atoms with E-state index in [4.69, 9.17) is 9.47 Å². The molecule has 1 aromatic carbocycles. The zero-order valence-electron chi connectivity index (χ0n) is 17.9. The van der Waals surface area contributed by atoms with E-state index in [2.05, 4.69) is 32.2 Å². The first-order valence-corrected chi connectivity index (χ1v) is 10.5. The molecule has 1 saturated heterocycles. The molecule has 0 aliphatic carbocycles. The van der Waals surface area contributed by atoms with Crippen molar-refractivity contribution in [3.63, 3.8) is 0 Å². The number of aliphatic hydroxyl groups is 1. The molecule has 5 heteroatoms. The Bertz CT molecular complexity index is 617. The van der Waals surface area contributed by atoms with Crippen LogP contribution < -0.4 is 5.32 Å². The van der Waals surface area contributed by atoms with E-state index in [9.17, 15) is 9.90 Å². The predicted octanol–water partition coefficient (Wildman–Crippen LogP) is 3.43. The molecular formula is C23H37NO4. The van der Waals surface area contributed by atoms with Gasteiger partial charge in [0.05, 0.1) is 24.7 Å². The number of hydrogen-bond acceptors (Lipinski definition) is 5. The van der Waals surface area contributed by atoms with Crippen LogP contribution in [0.25, 0.3) is 0 Å². The summed E-state index contributed by atoms with van der Waals surface area (Å²) >= 11 is 0. The Balaban J connectivity index is 1.87. The van der Waals surface area contributed by atoms with Gasteiger partial charge in [-0.15, -0.1) is 0 Å². The molecule has 0 aromatic heterocycles. The summed E-state index contributed by atoms with van der Waals surface area (Å²) in [4.78, 5) is 12.2. The lowest BCUT2D eigenvalue weighted by Gasteiger charge is -2.34. The summed E-state index contributed by atoms with van der Waals surface area (Å²) in [6.45, 7) is 11.2. The number of ether oxygens (including phenoxy) is 2. The van der Waals surface area contributed by atoms with Crippen molar-refractivity contribution in [3.05, 3.63) is 35.4 Å². The molecular weight excluding hydrogens is 354 g/mol. The minimum atomic E-state index is -0.747. The SMILES string of the molecule is CCOC(=O)C(CCOCCc1ccccc1C1(O)CCNCC1)C(C)(C)C. The third kappa shape index (κ3) is 6.29. The van der Waals surface area contributed by atoms with Gasteiger partial charge >= 0.3 is 5.97 Å². The van der Waals surface area contributed by atoms with E-state index < -0.39 is 5.60 Å². The molecule has 0 amide bonds. The third-order valence-electron chi connectivity index (χ3n) is 5.63. The van der Waals surface area contributed by atoms with Crippen molar-refractivity contribution in [1.29, 1.82) is 0 Å². The van der Waals surface area contributed by atoms with E-state index in [0.717, 1.165) is 43.5 Å². The Morgan fingerprint density at radius 1 is 1.21 bits per heavy atom. The van der Waals surface area contributed by atoms with Crippen molar-refractivity contribution >= 4 is 5.97 Å². The van der Waals surface area contributed by atoms with Crippen molar-refractivity contribution in [2.24, 2.45) is 11.3 Å². The van der Waals surface area contributed by atoms with Gasteiger partial charge in [-0.3, -0.25) is 4.79 Å². The molecule has 0 radical (unpaired) electrons. The van der Waals surface area contributed by atoms with Crippen molar-refractivity contribution in [2.75, 3.05) is 32.9 Å². The lowest BCUT2D eigenvalue weighted by molar-refractivity contribution is -0.152. The largest absolute Gasteiger partial charge is 0.466 e. The Labute approximate surface area is 169 Å². The van der Waals surface area contributed by atoms with Gasteiger partial charge in [0.25, 0.3) is 0 Å². The van der Waals surface area contributed by atoms with E-state index in [1.165, 1.54) is 0 Å². The fourth-order valence-corrected chi connectivity index (χ4v) is 3.93. The molecule has 158 valence electrons. The second kappa shape index (κ2) is 10.4. The highest BCUT2D eigenvalue weighted by Crippen LogP contribution is 2.33. The van der Waals surface area contributed by atoms with Crippen LogP contribution in [0.3, 0.4) is 0 Å². The first-order valence-electron chi connectivity index (χ1n) is 10.5. The molecule has 1 fully saturated rings. The summed E-state index contributed by atoms with van der Waals surface area (Å²) in [5, 5.41) is 14.4. The van der Waals surface area contributed by atoms with Crippen LogP contribution >= 0.6 is 0 Å². The molecule has 5 nitrogen and oxygen atoms in total. The van der Waals surface area contributed by atoms with Gasteiger partial charge in [0.2, 0.25) is 0 Å². The van der Waals surface area contributed by atoms with Gasteiger partial charge in [0.15, 0.2) is 0 Å². The molecule has 0 bridgehead atoms. The van der Waals surface area contributed by atoms with E-state index >= 15 is 0 Å². The quantitative estimate of drug-likeness (QED) is 0.499. The van der Waals surface area contributed by atoms with Crippen molar-refractivity contribution < 1.29 is 19.4 Å². The molecule has 1 atom stereocenters. The number of rotatable bonds is 9. The van der Waals surface area contributed by atoms with Gasteiger partial charge < -0.3 is 19.9 Å². The second-order valence-corrected chi connectivity index (χ2v) is 8.76.